The van der Waals surface area contributed by atoms with E-state index in [1.807, 2.05) is 93.5 Å². The third-order valence-corrected chi connectivity index (χ3v) is 24.0. The van der Waals surface area contributed by atoms with Gasteiger partial charge in [0.15, 0.2) is 11.6 Å². The van der Waals surface area contributed by atoms with Crippen LogP contribution >= 0.6 is 30.4 Å². The van der Waals surface area contributed by atoms with Crippen LogP contribution in [0.5, 0.6) is 0 Å². The SMILES string of the molecule is CNCCCCC(CC(=O)C(CCCCNC(=O)CN1CCN(CP(=O)(O)O)CCN(Cc2ccc3cc(C)ccc3n2)CCN(CP(=O)(O)O)CC1)NC(=O)C(CCCCNC)CC(=O)C(CCCCNC(=O)CN1CCN(CP(=O)(O)O)CCN(Cc2ccc3cc(C)ccc3n2)CCN(CP(=O)(O)O)CC1)NC)C(=O)NC.[Eu].[Gd]. The van der Waals surface area contributed by atoms with Gasteiger partial charge < -0.3 is 76.4 Å². The van der Waals surface area contributed by atoms with E-state index >= 15 is 0 Å². The molecular weight excluding hydrogens is 1870 g/mol. The summed E-state index contributed by atoms with van der Waals surface area (Å²) in [5.74, 6) is -3.63. The Balaban J connectivity index is 0.0000144. The molecule has 2 aliphatic heterocycles. The molecule has 0 saturated carbocycles. The molecule has 15 N–H and O–H groups in total. The van der Waals surface area contributed by atoms with E-state index in [2.05, 4.69) is 42.1 Å². The van der Waals surface area contributed by atoms with E-state index in [4.69, 9.17) is 9.97 Å². The fraction of sp³-hybridized carbons (Fsp3) is 0.684. The quantitative estimate of drug-likeness (QED) is 0.0223. The average molecular weight is 2000 g/mol. The molecule has 2 aliphatic rings. The maximum Gasteiger partial charge on any atom is 0.339 e. The Hall–Kier alpha value is -2.45. The van der Waals surface area contributed by atoms with Gasteiger partial charge in [0.1, 0.15) is 25.1 Å². The van der Waals surface area contributed by atoms with Crippen molar-refractivity contribution in [1.82, 2.24) is 86.4 Å². The number of fused-ring (bicyclic) bond motifs is 2. The molecule has 2 fully saturated rings. The number of unbranched alkanes of at least 4 members (excludes halogenated alkanes) is 4. The van der Waals surface area contributed by atoms with E-state index in [1.54, 1.807) is 36.4 Å². The van der Waals surface area contributed by atoms with Crippen LogP contribution in [0, 0.1) is 115 Å². The Morgan fingerprint density at radius 2 is 0.718 bits per heavy atom. The summed E-state index contributed by atoms with van der Waals surface area (Å²) in [6, 6.07) is 18.0. The Morgan fingerprint density at radius 1 is 0.402 bits per heavy atom. The molecule has 4 aromatic rings. The van der Waals surface area contributed by atoms with Crippen molar-refractivity contribution in [3.8, 4) is 0 Å². The molecule has 2 aromatic carbocycles. The van der Waals surface area contributed by atoms with Gasteiger partial charge in [-0.05, 0) is 149 Å². The number of ketones is 2. The summed E-state index contributed by atoms with van der Waals surface area (Å²) in [6.07, 6.45) is 3.23. The Morgan fingerprint density at radius 3 is 1.06 bits per heavy atom. The molecule has 0 spiro atoms. The van der Waals surface area contributed by atoms with Crippen LogP contribution in [0.4, 0.5) is 0 Å². The Bertz CT molecular complexity index is 3830. The number of nitrogens with one attached hydrogen (secondary N) is 7. The molecule has 1 radical (unpaired) electrons. The van der Waals surface area contributed by atoms with E-state index < -0.39 is 85.4 Å². The van der Waals surface area contributed by atoms with E-state index in [1.165, 1.54) is 7.05 Å². The number of aryl methyl sites for hydroxylation is 2. The van der Waals surface area contributed by atoms with Crippen molar-refractivity contribution in [2.45, 2.75) is 129 Å². The zero-order valence-corrected chi connectivity index (χ0v) is 77.2. The molecule has 4 unspecified atom stereocenters. The van der Waals surface area contributed by atoms with Crippen LogP contribution in [-0.4, -0.2) is 333 Å². The summed E-state index contributed by atoms with van der Waals surface area (Å²) in [5, 5.41) is 22.9. The van der Waals surface area contributed by atoms with Gasteiger partial charge in [-0.2, -0.15) is 0 Å². The normalized spacial score (nSPS) is 17.2. The van der Waals surface area contributed by atoms with Crippen molar-refractivity contribution in [2.24, 2.45) is 11.8 Å². The van der Waals surface area contributed by atoms with Crippen molar-refractivity contribution in [1.29, 1.82) is 0 Å². The zero-order chi connectivity index (χ0) is 84.1. The molecule has 663 valence electrons. The maximum atomic E-state index is 14.7. The van der Waals surface area contributed by atoms with Crippen molar-refractivity contribution in [3.05, 3.63) is 83.2 Å². The number of carbonyl (C=O) groups is 6. The number of pyridine rings is 2. The maximum absolute atomic E-state index is 14.7. The minimum absolute atomic E-state index is 0. The summed E-state index contributed by atoms with van der Waals surface area (Å²) in [6.45, 7) is 10.1. The second kappa shape index (κ2) is 55.8. The molecule has 117 heavy (non-hydrogen) atoms. The van der Waals surface area contributed by atoms with Crippen molar-refractivity contribution < 1.29 is 175 Å². The number of nitrogens with zero attached hydrogens (tertiary/aromatic N) is 10. The van der Waals surface area contributed by atoms with Crippen LogP contribution in [-0.2, 0) is 60.1 Å². The minimum atomic E-state index is -4.54. The predicted molar refractivity (Wildman–Crippen MR) is 445 cm³/mol. The molecule has 4 atom stereocenters. The number of carbonyl (C=O) groups excluding carboxylic acids is 6. The van der Waals surface area contributed by atoms with Crippen LogP contribution in [0.1, 0.15) is 112 Å². The van der Waals surface area contributed by atoms with Gasteiger partial charge in [0.2, 0.25) is 23.6 Å². The monoisotopic (exact) mass is 2000 g/mol. The molecule has 2 saturated heterocycles. The molecule has 4 amide bonds. The number of likely N-dealkylation sites (N-methyl/N-ethyl adjacent to an activating group) is 1. The van der Waals surface area contributed by atoms with E-state index in [0.29, 0.717) is 117 Å². The van der Waals surface area contributed by atoms with Crippen LogP contribution < -0.4 is 37.2 Å². The number of amides is 4. The predicted octanol–water partition coefficient (Wildman–Crippen LogP) is 2.41. The van der Waals surface area contributed by atoms with Gasteiger partial charge in [-0.1, -0.05) is 48.2 Å². The van der Waals surface area contributed by atoms with E-state index in [9.17, 15) is 86.2 Å². The molecule has 0 aliphatic carbocycles. The molecule has 41 heteroatoms. The standard InChI is InChI=1S/C76H131N17O18P4.Eu.Gd/c1-59-19-25-67-61(47-59)21-23-65(83-67)51-86-31-39-90(55-112(100,101)102)43-35-88(36-44-91(40-32-86)56-113(103,104)105)53-73(96)81-29-13-9-17-69(79-5)71(94)50-64(16-8-12-28-78-4)76(99)85-70(72(95)49-63(75(98)80-6)15-7-11-27-77-3)18-10-14-30-82-74(97)54-89-37-45-92(57-114(106,107)108)41-33-87(34-42-93(46-38-89)58-115(109,110)111)52-66-24-22-62-48-60(2)20-26-68(62)84-66;;/h19-26,47-48,63-64,69-70,77-79H,7-18,27-46,49-58H2,1-6H3,(H,80,98)(H,81,96)(H,82,97)(H,85,99)(H2,100,101,102)(H2,103,104,105)(H2,106,107,108)(H2,109,110,111);;. The third-order valence-electron chi connectivity index (χ3n) is 21.0. The smallest absolute Gasteiger partial charge is 0.339 e. The van der Waals surface area contributed by atoms with Gasteiger partial charge in [-0.3, -0.25) is 96.2 Å². The number of benzene rings is 2. The number of hydrogen-bond donors (Lipinski definition) is 15. The van der Waals surface area contributed by atoms with Gasteiger partial charge in [0.25, 0.3) is 0 Å². The topological polar surface area (TPSA) is 468 Å². The third kappa shape index (κ3) is 44.8. The first kappa shape index (κ1) is 107. The first-order valence-electron chi connectivity index (χ1n) is 40.3. The van der Waals surface area contributed by atoms with Crippen molar-refractivity contribution >= 4 is 87.4 Å². The van der Waals surface area contributed by atoms with Gasteiger partial charge in [0, 0.05) is 263 Å². The fourth-order valence-corrected chi connectivity index (χ4v) is 17.8. The first-order valence-corrected chi connectivity index (χ1v) is 47.5. The van der Waals surface area contributed by atoms with Crippen LogP contribution in [0.25, 0.3) is 21.8 Å². The second-order valence-corrected chi connectivity index (χ2v) is 37.4. The molecule has 2 aromatic heterocycles. The first-order chi connectivity index (χ1) is 54.5. The van der Waals surface area contributed by atoms with Crippen LogP contribution in [0.3, 0.4) is 0 Å². The van der Waals surface area contributed by atoms with Gasteiger partial charge in [-0.25, -0.2) is 0 Å². The van der Waals surface area contributed by atoms with Crippen LogP contribution in [0.15, 0.2) is 60.7 Å². The fourth-order valence-electron chi connectivity index (χ4n) is 14.6. The van der Waals surface area contributed by atoms with Crippen molar-refractivity contribution in [2.75, 3.05) is 197 Å². The second-order valence-electron chi connectivity index (χ2n) is 30.9. The number of Topliss-reactive ketones (excluding diaryl/α,β-unsaturated/α-hetero) is 2. The molecule has 6 rings (SSSR count). The summed E-state index contributed by atoms with van der Waals surface area (Å²) in [5.41, 5.74) is 5.33. The van der Waals surface area contributed by atoms with E-state index in [0.717, 1.165) is 50.7 Å². The van der Waals surface area contributed by atoms with Gasteiger partial charge in [-0.15, -0.1) is 0 Å². The molecule has 35 nitrogen and oxygen atoms in total. The summed E-state index contributed by atoms with van der Waals surface area (Å²) < 4.78 is 49.9. The minimum Gasteiger partial charge on any atom is -0.359 e. The molecule has 4 heterocycles. The van der Waals surface area contributed by atoms with E-state index in [-0.39, 0.29) is 243 Å². The zero-order valence-electron chi connectivity index (χ0n) is 68.9. The largest absolute Gasteiger partial charge is 0.359 e. The van der Waals surface area contributed by atoms with Gasteiger partial charge >= 0.3 is 30.4 Å². The summed E-state index contributed by atoms with van der Waals surface area (Å²) in [7, 11) is -11.3. The number of hydrogen-bond acceptors (Lipinski definition) is 23. The molecular formula is C76H131EuGdN17O18P4. The number of rotatable bonds is 46. The Labute approximate surface area is 763 Å². The molecule has 0 bridgehead atoms. The van der Waals surface area contributed by atoms with Gasteiger partial charge in [0.05, 0.1) is 47.6 Å². The van der Waals surface area contributed by atoms with Crippen molar-refractivity contribution in [3.63, 3.8) is 0 Å². The average Bonchev–Trinajstić information content (AvgIpc) is 0.833. The summed E-state index contributed by atoms with van der Waals surface area (Å²) >= 11 is 0. The number of aromatic nitrogens is 2. The Kier molecular flexibility index (Phi) is 51.0. The summed E-state index contributed by atoms with van der Waals surface area (Å²) in [4.78, 5) is 190. The van der Waals surface area contributed by atoms with Crippen LogP contribution in [0.2, 0.25) is 0 Å².